The van der Waals surface area contributed by atoms with Crippen LogP contribution in [-0.4, -0.2) is 32.9 Å². The topological polar surface area (TPSA) is 78.8 Å². The van der Waals surface area contributed by atoms with Crippen LogP contribution in [0.4, 0.5) is 0 Å². The van der Waals surface area contributed by atoms with E-state index in [-0.39, 0.29) is 5.75 Å². The number of carbonyl (C=O) groups excluding carboxylic acids is 1. The number of thioether (sulfide) groups is 2. The molecule has 146 valence electrons. The van der Waals surface area contributed by atoms with Crippen LogP contribution in [0.3, 0.4) is 0 Å². The van der Waals surface area contributed by atoms with Crippen LogP contribution >= 0.6 is 34.9 Å². The Morgan fingerprint density at radius 2 is 1.93 bits per heavy atom. The number of rotatable bonds is 5. The predicted octanol–water partition coefficient (Wildman–Crippen LogP) is 3.96. The average Bonchev–Trinajstić information content (AvgIpc) is 3.36. The molecule has 0 bridgehead atoms. The molecule has 0 radical (unpaired) electrons. The number of carboxylic acids is 1. The van der Waals surface area contributed by atoms with Gasteiger partial charge in [-0.05, 0) is 36.6 Å². The number of aliphatic carboxylic acids is 1. The summed E-state index contributed by atoms with van der Waals surface area (Å²) in [5.41, 5.74) is 5.74. The Bertz CT molecular complexity index is 1250. The van der Waals surface area contributed by atoms with Crippen molar-refractivity contribution in [1.82, 2.24) is 15.0 Å². The summed E-state index contributed by atoms with van der Waals surface area (Å²) in [7, 11) is 0. The van der Waals surface area contributed by atoms with E-state index in [0.29, 0.717) is 10.2 Å². The Morgan fingerprint density at radius 3 is 2.69 bits per heavy atom. The minimum atomic E-state index is -1.10. The average molecular weight is 439 g/mol. The van der Waals surface area contributed by atoms with Gasteiger partial charge in [-0.1, -0.05) is 53.9 Å². The summed E-state index contributed by atoms with van der Waals surface area (Å²) in [6.45, 7) is 0. The molecule has 0 aliphatic heterocycles. The highest BCUT2D eigenvalue weighted by atomic mass is 32.2. The molecular formula is C21H16N3O2S3-. The van der Waals surface area contributed by atoms with Gasteiger partial charge in [0.1, 0.15) is 9.86 Å². The van der Waals surface area contributed by atoms with Gasteiger partial charge < -0.3 is 9.90 Å². The highest BCUT2D eigenvalue weighted by molar-refractivity contribution is 8.00. The first-order valence-corrected chi connectivity index (χ1v) is 12.3. The number of benzene rings is 1. The SMILES string of the molecule is CSc1nc(SCC(=O)[O-])c2sc3nc(-c4ccccc4)c4c(c3c2n1)CCC4. The molecule has 3 aromatic heterocycles. The lowest BCUT2D eigenvalue weighted by Crippen LogP contribution is -2.24. The largest absolute Gasteiger partial charge is 0.549 e. The number of aryl methyl sites for hydroxylation is 1. The summed E-state index contributed by atoms with van der Waals surface area (Å²) >= 11 is 4.21. The molecule has 0 spiro atoms. The minimum Gasteiger partial charge on any atom is -0.549 e. The van der Waals surface area contributed by atoms with Crippen molar-refractivity contribution in [3.05, 3.63) is 41.5 Å². The number of fused-ring (bicyclic) bond motifs is 5. The number of aromatic nitrogens is 3. The van der Waals surface area contributed by atoms with Gasteiger partial charge in [-0.25, -0.2) is 15.0 Å². The highest BCUT2D eigenvalue weighted by Gasteiger charge is 2.25. The fourth-order valence-electron chi connectivity index (χ4n) is 3.87. The number of pyridine rings is 1. The van der Waals surface area contributed by atoms with Crippen molar-refractivity contribution in [2.45, 2.75) is 29.4 Å². The van der Waals surface area contributed by atoms with Crippen molar-refractivity contribution in [1.29, 1.82) is 0 Å². The van der Waals surface area contributed by atoms with E-state index in [1.165, 1.54) is 34.7 Å². The van der Waals surface area contributed by atoms with Crippen molar-refractivity contribution in [2.24, 2.45) is 0 Å². The maximum Gasteiger partial charge on any atom is 0.189 e. The van der Waals surface area contributed by atoms with Crippen LogP contribution in [0, 0.1) is 0 Å². The van der Waals surface area contributed by atoms with E-state index in [9.17, 15) is 9.90 Å². The van der Waals surface area contributed by atoms with E-state index in [1.807, 2.05) is 24.5 Å². The quantitative estimate of drug-likeness (QED) is 0.265. The van der Waals surface area contributed by atoms with Gasteiger partial charge >= 0.3 is 0 Å². The maximum absolute atomic E-state index is 11.0. The van der Waals surface area contributed by atoms with Crippen LogP contribution in [0.5, 0.6) is 0 Å². The first-order chi connectivity index (χ1) is 14.2. The van der Waals surface area contributed by atoms with Crippen molar-refractivity contribution in [3.63, 3.8) is 0 Å². The third kappa shape index (κ3) is 3.29. The summed E-state index contributed by atoms with van der Waals surface area (Å²) < 4.78 is 0.913. The molecule has 0 amide bonds. The molecule has 0 saturated carbocycles. The molecule has 1 aliphatic rings. The van der Waals surface area contributed by atoms with Gasteiger partial charge in [0.25, 0.3) is 0 Å². The third-order valence-electron chi connectivity index (χ3n) is 5.04. The molecule has 8 heteroatoms. The molecule has 29 heavy (non-hydrogen) atoms. The molecule has 5 nitrogen and oxygen atoms in total. The van der Waals surface area contributed by atoms with Gasteiger partial charge in [0.15, 0.2) is 5.16 Å². The Kier molecular flexibility index (Phi) is 4.93. The van der Waals surface area contributed by atoms with Crippen LogP contribution in [-0.2, 0) is 17.6 Å². The summed E-state index contributed by atoms with van der Waals surface area (Å²) in [6.07, 6.45) is 5.08. The summed E-state index contributed by atoms with van der Waals surface area (Å²) in [6, 6.07) is 10.3. The molecule has 3 heterocycles. The van der Waals surface area contributed by atoms with E-state index in [4.69, 9.17) is 9.97 Å². The smallest absolute Gasteiger partial charge is 0.189 e. The van der Waals surface area contributed by atoms with E-state index < -0.39 is 5.97 Å². The van der Waals surface area contributed by atoms with Gasteiger partial charge in [-0.15, -0.1) is 11.3 Å². The van der Waals surface area contributed by atoms with Crippen LogP contribution in [0.1, 0.15) is 17.5 Å². The molecule has 4 aromatic rings. The lowest BCUT2D eigenvalue weighted by Gasteiger charge is -2.09. The van der Waals surface area contributed by atoms with Gasteiger partial charge in [0, 0.05) is 16.7 Å². The van der Waals surface area contributed by atoms with E-state index in [1.54, 1.807) is 11.3 Å². The molecule has 0 unspecified atom stereocenters. The molecular weight excluding hydrogens is 422 g/mol. The zero-order valence-corrected chi connectivity index (χ0v) is 18.0. The van der Waals surface area contributed by atoms with E-state index in [2.05, 4.69) is 17.1 Å². The molecule has 0 saturated heterocycles. The van der Waals surface area contributed by atoms with Crippen LogP contribution < -0.4 is 5.11 Å². The van der Waals surface area contributed by atoms with Crippen molar-refractivity contribution in [3.8, 4) is 11.3 Å². The molecule has 0 fully saturated rings. The molecule has 1 aliphatic carbocycles. The molecule has 5 rings (SSSR count). The fraction of sp³-hybridized carbons (Fsp3) is 0.238. The number of hydrogen-bond acceptors (Lipinski definition) is 8. The van der Waals surface area contributed by atoms with Gasteiger partial charge in [-0.2, -0.15) is 0 Å². The molecule has 0 atom stereocenters. The first-order valence-electron chi connectivity index (χ1n) is 9.23. The predicted molar refractivity (Wildman–Crippen MR) is 118 cm³/mol. The number of nitrogens with zero attached hydrogens (tertiary/aromatic N) is 3. The zero-order valence-electron chi connectivity index (χ0n) is 15.6. The van der Waals surface area contributed by atoms with E-state index >= 15 is 0 Å². The van der Waals surface area contributed by atoms with Crippen molar-refractivity contribution in [2.75, 3.05) is 12.0 Å². The van der Waals surface area contributed by atoms with Crippen molar-refractivity contribution >= 4 is 61.3 Å². The second kappa shape index (κ2) is 7.59. The van der Waals surface area contributed by atoms with Gasteiger partial charge in [-0.3, -0.25) is 0 Å². The highest BCUT2D eigenvalue weighted by Crippen LogP contribution is 2.44. The zero-order chi connectivity index (χ0) is 20.0. The Balaban J connectivity index is 1.80. The molecule has 0 N–H and O–H groups in total. The first kappa shape index (κ1) is 18.8. The normalized spacial score (nSPS) is 13.3. The number of carbonyl (C=O) groups is 1. The van der Waals surface area contributed by atoms with Gasteiger partial charge in [0.05, 0.1) is 21.9 Å². The monoisotopic (exact) mass is 438 g/mol. The molecule has 1 aromatic carbocycles. The summed E-state index contributed by atoms with van der Waals surface area (Å²) in [5.74, 6) is -1.23. The lowest BCUT2D eigenvalue weighted by molar-refractivity contribution is -0.301. The number of hydrogen-bond donors (Lipinski definition) is 0. The summed E-state index contributed by atoms with van der Waals surface area (Å²) in [4.78, 5) is 26.4. The summed E-state index contributed by atoms with van der Waals surface area (Å²) in [5, 5.41) is 13.5. The maximum atomic E-state index is 11.0. The van der Waals surface area contributed by atoms with Crippen molar-refractivity contribution < 1.29 is 9.90 Å². The second-order valence-electron chi connectivity index (χ2n) is 6.77. The Morgan fingerprint density at radius 1 is 1.14 bits per heavy atom. The second-order valence-corrected chi connectivity index (χ2v) is 9.51. The minimum absolute atomic E-state index is 0.130. The van der Waals surface area contributed by atoms with Gasteiger partial charge in [0.2, 0.25) is 0 Å². The van der Waals surface area contributed by atoms with Crippen LogP contribution in [0.2, 0.25) is 0 Å². The fourth-order valence-corrected chi connectivity index (χ4v) is 6.26. The van der Waals surface area contributed by atoms with Crippen LogP contribution in [0.25, 0.3) is 31.7 Å². The lowest BCUT2D eigenvalue weighted by atomic mass is 10.0. The van der Waals surface area contributed by atoms with Crippen LogP contribution in [0.15, 0.2) is 40.5 Å². The number of carboxylic acid groups (broad SMARTS) is 1. The third-order valence-corrected chi connectivity index (χ3v) is 7.74. The standard InChI is InChI=1S/C21H17N3O2S3/c1-27-21-23-17-15-12-8-5-9-13(12)16(11-6-3-2-4-7-11)22-19(15)29-18(17)20(24-21)28-10-14(25)26/h2-4,6-7H,5,8-10H2,1H3,(H,25,26)/p-1. The Hall–Kier alpha value is -2.16. The number of thiophene rings is 1. The Labute approximate surface area is 180 Å². The van der Waals surface area contributed by atoms with E-state index in [0.717, 1.165) is 51.0 Å².